The van der Waals surface area contributed by atoms with Crippen LogP contribution in [0.3, 0.4) is 0 Å². The molecule has 1 aromatic carbocycles. The van der Waals surface area contributed by atoms with E-state index < -0.39 is 12.6 Å². The molecule has 94 valence electrons. The van der Waals surface area contributed by atoms with Gasteiger partial charge >= 0.3 is 6.18 Å². The van der Waals surface area contributed by atoms with E-state index in [1.54, 1.807) is 0 Å². The maximum atomic E-state index is 12.1. The number of fused-ring (bicyclic) bond motifs is 1. The molecule has 1 heterocycles. The van der Waals surface area contributed by atoms with E-state index in [1.165, 1.54) is 5.56 Å². The Morgan fingerprint density at radius 2 is 2.00 bits per heavy atom. The van der Waals surface area contributed by atoms with Crippen LogP contribution >= 0.6 is 0 Å². The van der Waals surface area contributed by atoms with Crippen molar-refractivity contribution in [1.82, 2.24) is 0 Å². The minimum Gasteiger partial charge on any atom is -0.385 e. The molecule has 0 amide bonds. The fraction of sp³-hybridized carbons (Fsp3) is 0.538. The summed E-state index contributed by atoms with van der Waals surface area (Å²) in [6.07, 6.45) is -2.92. The molecular weight excluding hydrogens is 227 g/mol. The number of anilines is 1. The summed E-state index contributed by atoms with van der Waals surface area (Å²) in [6, 6.07) is 7.90. The summed E-state index contributed by atoms with van der Waals surface area (Å²) in [5.74, 6) is 0.273. The van der Waals surface area contributed by atoms with Crippen molar-refractivity contribution in [3.05, 3.63) is 29.8 Å². The number of nitrogens with one attached hydrogen (secondary N) is 1. The summed E-state index contributed by atoms with van der Waals surface area (Å²) in [5, 5.41) is 3.28. The predicted octanol–water partition coefficient (Wildman–Crippen LogP) is 4.32. The SMILES string of the molecule is FC(F)(F)CCCC1CCNc2ccccc21. The van der Waals surface area contributed by atoms with Crippen molar-refractivity contribution in [3.63, 3.8) is 0 Å². The number of rotatable bonds is 3. The van der Waals surface area contributed by atoms with Crippen LogP contribution in [0.15, 0.2) is 24.3 Å². The largest absolute Gasteiger partial charge is 0.389 e. The number of hydrogen-bond donors (Lipinski definition) is 1. The molecule has 4 heteroatoms. The Balaban J connectivity index is 1.95. The van der Waals surface area contributed by atoms with Crippen molar-refractivity contribution in [1.29, 1.82) is 0 Å². The van der Waals surface area contributed by atoms with E-state index in [4.69, 9.17) is 0 Å². The summed E-state index contributed by atoms with van der Waals surface area (Å²) in [5.41, 5.74) is 2.25. The van der Waals surface area contributed by atoms with Crippen LogP contribution in [0, 0.1) is 0 Å². The van der Waals surface area contributed by atoms with Crippen molar-refractivity contribution in [3.8, 4) is 0 Å². The lowest BCUT2D eigenvalue weighted by atomic mass is 9.87. The van der Waals surface area contributed by atoms with E-state index in [9.17, 15) is 13.2 Å². The second-order valence-electron chi connectivity index (χ2n) is 4.51. The van der Waals surface area contributed by atoms with Crippen molar-refractivity contribution < 1.29 is 13.2 Å². The summed E-state index contributed by atoms with van der Waals surface area (Å²) in [6.45, 7) is 0.855. The topological polar surface area (TPSA) is 12.0 Å². The van der Waals surface area contributed by atoms with Crippen LogP contribution in [0.4, 0.5) is 18.9 Å². The van der Waals surface area contributed by atoms with Gasteiger partial charge in [0.15, 0.2) is 0 Å². The lowest BCUT2D eigenvalue weighted by Crippen LogP contribution is -2.17. The van der Waals surface area contributed by atoms with Gasteiger partial charge in [0.1, 0.15) is 0 Å². The molecule has 0 aromatic heterocycles. The van der Waals surface area contributed by atoms with Crippen LogP contribution in [-0.2, 0) is 0 Å². The standard InChI is InChI=1S/C13H16F3N/c14-13(15,16)8-3-4-10-7-9-17-12-6-2-1-5-11(10)12/h1-2,5-6,10,17H,3-4,7-9H2. The highest BCUT2D eigenvalue weighted by atomic mass is 19.4. The van der Waals surface area contributed by atoms with Crippen LogP contribution in [-0.4, -0.2) is 12.7 Å². The molecule has 0 aliphatic carbocycles. The average molecular weight is 243 g/mol. The first-order valence-electron chi connectivity index (χ1n) is 5.96. The third-order valence-electron chi connectivity index (χ3n) is 3.22. The lowest BCUT2D eigenvalue weighted by Gasteiger charge is -2.26. The molecule has 1 aliphatic rings. The Kier molecular flexibility index (Phi) is 3.60. The van der Waals surface area contributed by atoms with Gasteiger partial charge in [0, 0.05) is 18.7 Å². The highest BCUT2D eigenvalue weighted by Crippen LogP contribution is 2.35. The molecule has 1 unspecified atom stereocenters. The molecule has 1 atom stereocenters. The molecule has 1 aliphatic heterocycles. The maximum Gasteiger partial charge on any atom is 0.389 e. The highest BCUT2D eigenvalue weighted by Gasteiger charge is 2.27. The van der Waals surface area contributed by atoms with E-state index >= 15 is 0 Å². The number of benzene rings is 1. The van der Waals surface area contributed by atoms with Gasteiger partial charge in [-0.05, 0) is 36.8 Å². The van der Waals surface area contributed by atoms with Gasteiger partial charge in [-0.2, -0.15) is 13.2 Å². The predicted molar refractivity (Wildman–Crippen MR) is 62.2 cm³/mol. The zero-order valence-electron chi connectivity index (χ0n) is 9.56. The van der Waals surface area contributed by atoms with Gasteiger partial charge in [0.05, 0.1) is 0 Å². The molecule has 0 fully saturated rings. The van der Waals surface area contributed by atoms with E-state index in [-0.39, 0.29) is 12.3 Å². The summed E-state index contributed by atoms with van der Waals surface area (Å²) < 4.78 is 36.3. The zero-order valence-corrected chi connectivity index (χ0v) is 9.56. The molecular formula is C13H16F3N. The van der Waals surface area contributed by atoms with Crippen molar-refractivity contribution in [2.24, 2.45) is 0 Å². The fourth-order valence-electron chi connectivity index (χ4n) is 2.40. The molecule has 1 N–H and O–H groups in total. The minimum absolute atomic E-state index is 0.225. The Labute approximate surface area is 99.0 Å². The second-order valence-corrected chi connectivity index (χ2v) is 4.51. The van der Waals surface area contributed by atoms with Crippen LogP contribution < -0.4 is 5.32 Å². The monoisotopic (exact) mass is 243 g/mol. The number of alkyl halides is 3. The van der Waals surface area contributed by atoms with Gasteiger partial charge < -0.3 is 5.32 Å². The average Bonchev–Trinajstić information content (AvgIpc) is 2.28. The molecule has 0 radical (unpaired) electrons. The summed E-state index contributed by atoms with van der Waals surface area (Å²) in [7, 11) is 0. The van der Waals surface area contributed by atoms with E-state index in [0.717, 1.165) is 18.7 Å². The minimum atomic E-state index is -4.02. The molecule has 0 spiro atoms. The van der Waals surface area contributed by atoms with Crippen LogP contribution in [0.25, 0.3) is 0 Å². The van der Waals surface area contributed by atoms with Crippen LogP contribution in [0.5, 0.6) is 0 Å². The Hall–Kier alpha value is -1.19. The zero-order chi connectivity index (χ0) is 12.3. The molecule has 0 saturated carbocycles. The Morgan fingerprint density at radius 1 is 1.24 bits per heavy atom. The smallest absolute Gasteiger partial charge is 0.385 e. The quantitative estimate of drug-likeness (QED) is 0.833. The molecule has 2 rings (SSSR count). The van der Waals surface area contributed by atoms with E-state index in [2.05, 4.69) is 5.32 Å². The number of hydrogen-bond acceptors (Lipinski definition) is 1. The maximum absolute atomic E-state index is 12.1. The molecule has 1 nitrogen and oxygen atoms in total. The lowest BCUT2D eigenvalue weighted by molar-refractivity contribution is -0.135. The van der Waals surface area contributed by atoms with Gasteiger partial charge in [0.25, 0.3) is 0 Å². The second kappa shape index (κ2) is 4.98. The van der Waals surface area contributed by atoms with Gasteiger partial charge in [0.2, 0.25) is 0 Å². The Bertz CT molecular complexity index is 373. The van der Waals surface area contributed by atoms with Crippen LogP contribution in [0.1, 0.15) is 37.2 Å². The van der Waals surface area contributed by atoms with Crippen molar-refractivity contribution >= 4 is 5.69 Å². The summed E-state index contributed by atoms with van der Waals surface area (Å²) in [4.78, 5) is 0. The molecule has 1 aromatic rings. The third kappa shape index (κ3) is 3.38. The summed E-state index contributed by atoms with van der Waals surface area (Å²) >= 11 is 0. The molecule has 0 bridgehead atoms. The first-order chi connectivity index (χ1) is 8.06. The normalized spacial score (nSPS) is 19.6. The fourth-order valence-corrected chi connectivity index (χ4v) is 2.40. The van der Waals surface area contributed by atoms with Crippen molar-refractivity contribution in [2.75, 3.05) is 11.9 Å². The third-order valence-corrected chi connectivity index (χ3v) is 3.22. The van der Waals surface area contributed by atoms with Gasteiger partial charge in [-0.1, -0.05) is 18.2 Å². The van der Waals surface area contributed by atoms with Gasteiger partial charge in [-0.15, -0.1) is 0 Å². The van der Waals surface area contributed by atoms with Crippen molar-refractivity contribution in [2.45, 2.75) is 37.8 Å². The number of para-hydroxylation sites is 1. The first kappa shape index (κ1) is 12.3. The van der Waals surface area contributed by atoms with Gasteiger partial charge in [-0.25, -0.2) is 0 Å². The van der Waals surface area contributed by atoms with Gasteiger partial charge in [-0.3, -0.25) is 0 Å². The highest BCUT2D eigenvalue weighted by molar-refractivity contribution is 5.54. The number of halogens is 3. The molecule has 0 saturated heterocycles. The first-order valence-corrected chi connectivity index (χ1v) is 5.96. The van der Waals surface area contributed by atoms with Crippen LogP contribution in [0.2, 0.25) is 0 Å². The molecule has 17 heavy (non-hydrogen) atoms. The Morgan fingerprint density at radius 3 is 2.76 bits per heavy atom. The van der Waals surface area contributed by atoms with E-state index in [0.29, 0.717) is 6.42 Å². The van der Waals surface area contributed by atoms with E-state index in [1.807, 2.05) is 24.3 Å².